The summed E-state index contributed by atoms with van der Waals surface area (Å²) in [5.41, 5.74) is 0. The molecule has 0 amide bonds. The first kappa shape index (κ1) is 7.07. The van der Waals surface area contributed by atoms with Crippen LogP contribution in [0.5, 0.6) is 0 Å². The lowest BCUT2D eigenvalue weighted by Crippen LogP contribution is -1.95. The van der Waals surface area contributed by atoms with Crippen LogP contribution in [-0.2, 0) is 0 Å². The normalized spacial score (nSPS) is 9.70. The van der Waals surface area contributed by atoms with Gasteiger partial charge in [0.05, 0.1) is 24.2 Å². The predicted octanol–water partition coefficient (Wildman–Crippen LogP) is 0.917. The lowest BCUT2D eigenvalue weighted by atomic mass is 10.7. The maximum absolute atomic E-state index is 10.2. The van der Waals surface area contributed by atoms with Gasteiger partial charge in [-0.05, 0) is 4.92 Å². The van der Waals surface area contributed by atoms with Gasteiger partial charge in [0.25, 0.3) is 0 Å². The Balaban J connectivity index is 3.01. The molecule has 5 nitrogen and oxygen atoms in total. The Labute approximate surface area is 61.3 Å². The molecule has 54 valence electrons. The molecule has 1 heterocycles. The third-order valence-electron chi connectivity index (χ3n) is 0.951. The largest absolute Gasteiger partial charge is 0.358 e. The van der Waals surface area contributed by atoms with E-state index in [9.17, 15) is 10.1 Å². The summed E-state index contributed by atoms with van der Waals surface area (Å²) in [4.78, 5) is 9.70. The molecule has 1 aromatic rings. The predicted molar refractivity (Wildman–Crippen MR) is 37.8 cm³/mol. The summed E-state index contributed by atoms with van der Waals surface area (Å²) in [6, 6.07) is 1.36. The lowest BCUT2D eigenvalue weighted by Gasteiger charge is -1.91. The number of nitrogens with zero attached hydrogens (tertiary/aromatic N) is 3. The van der Waals surface area contributed by atoms with Crippen molar-refractivity contribution >= 4 is 17.8 Å². The second-order valence-electron chi connectivity index (χ2n) is 1.50. The molecular weight excluding hydrogens is 154 g/mol. The van der Waals surface area contributed by atoms with E-state index in [4.69, 9.17) is 0 Å². The summed E-state index contributed by atoms with van der Waals surface area (Å²) in [6.45, 7) is 0. The highest BCUT2D eigenvalue weighted by molar-refractivity contribution is 7.97. The van der Waals surface area contributed by atoms with Gasteiger partial charge < -0.3 is 10.1 Å². The maximum Gasteiger partial charge on any atom is 0.356 e. The Morgan fingerprint density at radius 3 is 3.00 bits per heavy atom. The summed E-state index contributed by atoms with van der Waals surface area (Å²) in [5.74, 6) is 0.00694. The number of nitro groups is 1. The average Bonchev–Trinajstić information content (AvgIpc) is 2.33. The van der Waals surface area contributed by atoms with E-state index in [1.165, 1.54) is 28.3 Å². The van der Waals surface area contributed by atoms with Crippen molar-refractivity contribution in [3.63, 3.8) is 0 Å². The first-order valence-corrected chi connectivity index (χ1v) is 3.67. The summed E-state index contributed by atoms with van der Waals surface area (Å²) < 4.78 is 1.25. The molecule has 0 fully saturated rings. The van der Waals surface area contributed by atoms with Gasteiger partial charge in [0.15, 0.2) is 0 Å². The number of hydrogen-bond acceptors (Lipinski definition) is 4. The summed E-state index contributed by atoms with van der Waals surface area (Å²) >= 11 is 1.19. The van der Waals surface area contributed by atoms with Crippen molar-refractivity contribution in [2.45, 2.75) is 0 Å². The van der Waals surface area contributed by atoms with Gasteiger partial charge in [0.1, 0.15) is 0 Å². The van der Waals surface area contributed by atoms with Crippen LogP contribution in [0.3, 0.4) is 0 Å². The third-order valence-corrected chi connectivity index (χ3v) is 1.58. The van der Waals surface area contributed by atoms with Crippen molar-refractivity contribution in [3.05, 3.63) is 22.4 Å². The van der Waals surface area contributed by atoms with Gasteiger partial charge in [0.2, 0.25) is 0 Å². The van der Waals surface area contributed by atoms with Crippen molar-refractivity contribution in [2.24, 2.45) is 0 Å². The van der Waals surface area contributed by atoms with Crippen LogP contribution < -0.4 is 0 Å². The third kappa shape index (κ3) is 1.10. The molecule has 0 atom stereocenters. The fraction of sp³-hybridized carbons (Fsp3) is 0.250. The molecule has 0 spiro atoms. The van der Waals surface area contributed by atoms with Crippen LogP contribution in [0.1, 0.15) is 0 Å². The maximum atomic E-state index is 10.2. The van der Waals surface area contributed by atoms with Crippen molar-refractivity contribution in [2.75, 3.05) is 6.26 Å². The molecular formula is C4H5N3O2S. The van der Waals surface area contributed by atoms with E-state index in [1.54, 1.807) is 6.26 Å². The van der Waals surface area contributed by atoms with Gasteiger partial charge in [-0.3, -0.25) is 0 Å². The highest BCUT2D eigenvalue weighted by atomic mass is 32.2. The molecule has 1 rings (SSSR count). The standard InChI is InChI=1S/C4H5N3O2S/c1-10-6-4(7(8)9)2-3-5-6/h2-3H,1H3. The van der Waals surface area contributed by atoms with Crippen molar-refractivity contribution in [1.82, 2.24) is 9.19 Å². The molecule has 0 N–H and O–H groups in total. The first-order valence-electron chi connectivity index (χ1n) is 2.48. The first-order chi connectivity index (χ1) is 4.75. The van der Waals surface area contributed by atoms with Crippen molar-refractivity contribution in [3.8, 4) is 0 Å². The van der Waals surface area contributed by atoms with Crippen LogP contribution in [0.2, 0.25) is 0 Å². The van der Waals surface area contributed by atoms with E-state index in [-0.39, 0.29) is 5.82 Å². The topological polar surface area (TPSA) is 61.0 Å². The smallest absolute Gasteiger partial charge is 0.356 e. The lowest BCUT2D eigenvalue weighted by molar-refractivity contribution is -0.390. The second-order valence-corrected chi connectivity index (χ2v) is 2.21. The molecule has 0 saturated carbocycles. The SMILES string of the molecule is CSn1nccc1[N+](=O)[O-]. The molecule has 0 unspecified atom stereocenters. The zero-order chi connectivity index (χ0) is 7.56. The van der Waals surface area contributed by atoms with E-state index < -0.39 is 4.92 Å². The summed E-state index contributed by atoms with van der Waals surface area (Å²) in [5, 5.41) is 13.9. The molecule has 0 aliphatic carbocycles. The van der Waals surface area contributed by atoms with Crippen LogP contribution in [0.25, 0.3) is 0 Å². The molecule has 1 aromatic heterocycles. The Morgan fingerprint density at radius 2 is 2.60 bits per heavy atom. The van der Waals surface area contributed by atoms with Gasteiger partial charge in [0, 0.05) is 6.26 Å². The second kappa shape index (κ2) is 2.70. The van der Waals surface area contributed by atoms with E-state index in [2.05, 4.69) is 5.10 Å². The van der Waals surface area contributed by atoms with Gasteiger partial charge >= 0.3 is 5.82 Å². The Kier molecular flexibility index (Phi) is 1.91. The average molecular weight is 159 g/mol. The number of hydrogen-bond donors (Lipinski definition) is 0. The molecule has 6 heteroatoms. The number of rotatable bonds is 2. The summed E-state index contributed by atoms with van der Waals surface area (Å²) in [7, 11) is 0. The zero-order valence-electron chi connectivity index (χ0n) is 5.22. The van der Waals surface area contributed by atoms with Crippen LogP contribution in [0.15, 0.2) is 12.3 Å². The minimum absolute atomic E-state index is 0.00694. The van der Waals surface area contributed by atoms with Crippen LogP contribution in [-0.4, -0.2) is 20.4 Å². The van der Waals surface area contributed by atoms with E-state index in [0.29, 0.717) is 0 Å². The van der Waals surface area contributed by atoms with Crippen LogP contribution in [0.4, 0.5) is 5.82 Å². The monoisotopic (exact) mass is 159 g/mol. The molecule has 0 aliphatic heterocycles. The minimum Gasteiger partial charge on any atom is -0.358 e. The van der Waals surface area contributed by atoms with Gasteiger partial charge in [-0.1, -0.05) is 9.19 Å². The number of aromatic nitrogens is 2. The van der Waals surface area contributed by atoms with Gasteiger partial charge in [-0.2, -0.15) is 0 Å². The highest BCUT2D eigenvalue weighted by Crippen LogP contribution is 2.13. The molecule has 0 saturated heterocycles. The molecule has 0 aliphatic rings. The zero-order valence-corrected chi connectivity index (χ0v) is 6.04. The minimum atomic E-state index is -0.469. The molecule has 0 radical (unpaired) electrons. The van der Waals surface area contributed by atoms with Gasteiger partial charge in [-0.25, -0.2) is 0 Å². The Bertz CT molecular complexity index is 246. The Hall–Kier alpha value is -1.04. The van der Waals surface area contributed by atoms with E-state index >= 15 is 0 Å². The fourth-order valence-electron chi connectivity index (χ4n) is 0.555. The molecule has 10 heavy (non-hydrogen) atoms. The van der Waals surface area contributed by atoms with Gasteiger partial charge in [-0.15, -0.1) is 0 Å². The molecule has 0 aromatic carbocycles. The van der Waals surface area contributed by atoms with Crippen LogP contribution in [0, 0.1) is 10.1 Å². The Morgan fingerprint density at radius 1 is 1.90 bits per heavy atom. The highest BCUT2D eigenvalue weighted by Gasteiger charge is 2.11. The van der Waals surface area contributed by atoms with E-state index in [1.807, 2.05) is 0 Å². The fourth-order valence-corrected chi connectivity index (χ4v) is 1.02. The summed E-state index contributed by atoms with van der Waals surface area (Å²) in [6.07, 6.45) is 3.12. The quantitative estimate of drug-likeness (QED) is 0.475. The molecule has 0 bridgehead atoms. The van der Waals surface area contributed by atoms with Crippen LogP contribution >= 0.6 is 11.9 Å². The van der Waals surface area contributed by atoms with E-state index in [0.717, 1.165) is 0 Å². The van der Waals surface area contributed by atoms with Crippen molar-refractivity contribution < 1.29 is 4.92 Å². The van der Waals surface area contributed by atoms with Crippen molar-refractivity contribution in [1.29, 1.82) is 0 Å².